The molecule has 1 aliphatic heterocycles. The van der Waals surface area contributed by atoms with Crippen LogP contribution in [0, 0.1) is 0 Å². The van der Waals surface area contributed by atoms with Crippen LogP contribution in [-0.2, 0) is 0 Å². The molecule has 1 atom stereocenters. The van der Waals surface area contributed by atoms with Crippen molar-refractivity contribution in [1.82, 2.24) is 15.2 Å². The van der Waals surface area contributed by atoms with Gasteiger partial charge in [0.15, 0.2) is 0 Å². The third-order valence-electron chi connectivity index (χ3n) is 4.29. The van der Waals surface area contributed by atoms with Crippen LogP contribution < -0.4 is 5.32 Å². The van der Waals surface area contributed by atoms with Gasteiger partial charge in [-0.1, -0.05) is 19.1 Å². The molecule has 1 N–H and O–H groups in total. The van der Waals surface area contributed by atoms with E-state index in [2.05, 4.69) is 22.1 Å². The summed E-state index contributed by atoms with van der Waals surface area (Å²) in [6.45, 7) is 5.10. The number of carbonyl (C=O) groups is 1. The lowest BCUT2D eigenvalue weighted by Crippen LogP contribution is -2.40. The summed E-state index contributed by atoms with van der Waals surface area (Å²) in [6.07, 6.45) is 4.15. The first kappa shape index (κ1) is 14.0. The molecular formula is C17H21N3O. The van der Waals surface area contributed by atoms with E-state index in [-0.39, 0.29) is 5.91 Å². The lowest BCUT2D eigenvalue weighted by molar-refractivity contribution is 0.0943. The minimum Gasteiger partial charge on any atom is -0.350 e. The number of pyridine rings is 1. The predicted octanol–water partition coefficient (Wildman–Crippen LogP) is 2.45. The molecule has 0 aliphatic carbocycles. The summed E-state index contributed by atoms with van der Waals surface area (Å²) in [5, 5.41) is 4.00. The van der Waals surface area contributed by atoms with E-state index < -0.39 is 0 Å². The maximum atomic E-state index is 12.5. The molecule has 0 bridgehead atoms. The third kappa shape index (κ3) is 2.90. The second kappa shape index (κ2) is 6.22. The van der Waals surface area contributed by atoms with Crippen LogP contribution in [0.2, 0.25) is 0 Å². The fourth-order valence-electron chi connectivity index (χ4n) is 3.15. The Morgan fingerprint density at radius 1 is 1.38 bits per heavy atom. The summed E-state index contributed by atoms with van der Waals surface area (Å²) in [4.78, 5) is 19.2. The number of nitrogens with one attached hydrogen (secondary N) is 1. The van der Waals surface area contributed by atoms with Gasteiger partial charge in [-0.05, 0) is 44.1 Å². The highest BCUT2D eigenvalue weighted by Gasteiger charge is 2.23. The molecule has 0 saturated carbocycles. The number of hydrogen-bond donors (Lipinski definition) is 1. The van der Waals surface area contributed by atoms with E-state index in [1.54, 1.807) is 6.20 Å². The Hall–Kier alpha value is -1.94. The molecule has 0 spiro atoms. The van der Waals surface area contributed by atoms with E-state index in [1.165, 1.54) is 12.8 Å². The minimum absolute atomic E-state index is 0.00319. The maximum Gasteiger partial charge on any atom is 0.252 e. The molecule has 0 radical (unpaired) electrons. The fraction of sp³-hybridized carbons (Fsp3) is 0.412. The van der Waals surface area contributed by atoms with Gasteiger partial charge in [0.1, 0.15) is 0 Å². The highest BCUT2D eigenvalue weighted by molar-refractivity contribution is 6.06. The molecule has 2 heterocycles. The van der Waals surface area contributed by atoms with Gasteiger partial charge in [-0.2, -0.15) is 0 Å². The number of carbonyl (C=O) groups excluding carboxylic acids is 1. The number of benzene rings is 1. The van der Waals surface area contributed by atoms with E-state index >= 15 is 0 Å². The Balaban J connectivity index is 1.72. The summed E-state index contributed by atoms with van der Waals surface area (Å²) >= 11 is 0. The first-order chi connectivity index (χ1) is 10.3. The largest absolute Gasteiger partial charge is 0.350 e. The Morgan fingerprint density at radius 3 is 3.14 bits per heavy atom. The van der Waals surface area contributed by atoms with Crippen molar-refractivity contribution in [2.75, 3.05) is 19.6 Å². The Bertz CT molecular complexity index is 635. The van der Waals surface area contributed by atoms with Gasteiger partial charge >= 0.3 is 0 Å². The SMILES string of the molecule is CCN1CCCC1CNC(=O)c1cccc2ncccc12. The summed E-state index contributed by atoms with van der Waals surface area (Å²) in [5.41, 5.74) is 1.57. The molecule has 110 valence electrons. The summed E-state index contributed by atoms with van der Waals surface area (Å²) in [5.74, 6) is -0.00319. The molecule has 1 amide bonds. The maximum absolute atomic E-state index is 12.5. The molecule has 1 unspecified atom stereocenters. The van der Waals surface area contributed by atoms with Gasteiger partial charge in [0.2, 0.25) is 0 Å². The monoisotopic (exact) mass is 283 g/mol. The molecule has 4 nitrogen and oxygen atoms in total. The summed E-state index contributed by atoms with van der Waals surface area (Å²) in [7, 11) is 0. The molecule has 1 saturated heterocycles. The van der Waals surface area contributed by atoms with Gasteiger partial charge < -0.3 is 5.32 Å². The molecule has 1 aromatic carbocycles. The summed E-state index contributed by atoms with van der Waals surface area (Å²) in [6, 6.07) is 9.98. The van der Waals surface area contributed by atoms with E-state index in [4.69, 9.17) is 0 Å². The Labute approximate surface area is 125 Å². The quantitative estimate of drug-likeness (QED) is 0.937. The molecule has 1 aliphatic rings. The van der Waals surface area contributed by atoms with Crippen LogP contribution in [-0.4, -0.2) is 41.5 Å². The van der Waals surface area contributed by atoms with E-state index in [1.807, 2.05) is 30.3 Å². The number of hydrogen-bond acceptors (Lipinski definition) is 3. The first-order valence-electron chi connectivity index (χ1n) is 7.65. The van der Waals surface area contributed by atoms with Crippen LogP contribution in [0.4, 0.5) is 0 Å². The number of amides is 1. The molecule has 21 heavy (non-hydrogen) atoms. The topological polar surface area (TPSA) is 45.2 Å². The third-order valence-corrected chi connectivity index (χ3v) is 4.29. The molecule has 2 aromatic rings. The van der Waals surface area contributed by atoms with Crippen molar-refractivity contribution >= 4 is 16.8 Å². The molecular weight excluding hydrogens is 262 g/mol. The second-order valence-corrected chi connectivity index (χ2v) is 5.51. The van der Waals surface area contributed by atoms with Crippen molar-refractivity contribution in [3.63, 3.8) is 0 Å². The predicted molar refractivity (Wildman–Crippen MR) is 84.3 cm³/mol. The lowest BCUT2D eigenvalue weighted by Gasteiger charge is -2.23. The van der Waals surface area contributed by atoms with Crippen molar-refractivity contribution < 1.29 is 4.79 Å². The number of likely N-dealkylation sites (N-methyl/N-ethyl adjacent to an activating group) is 1. The molecule has 1 aromatic heterocycles. The Morgan fingerprint density at radius 2 is 2.29 bits per heavy atom. The molecule has 4 heteroatoms. The van der Waals surface area contributed by atoms with Gasteiger partial charge in [0, 0.05) is 29.7 Å². The van der Waals surface area contributed by atoms with Crippen molar-refractivity contribution in [3.8, 4) is 0 Å². The normalized spacial score (nSPS) is 19.0. The Kier molecular flexibility index (Phi) is 4.15. The average Bonchev–Trinajstić information content (AvgIpc) is 2.99. The number of likely N-dealkylation sites (tertiary alicyclic amines) is 1. The van der Waals surface area contributed by atoms with Gasteiger partial charge in [-0.25, -0.2) is 0 Å². The lowest BCUT2D eigenvalue weighted by atomic mass is 10.1. The van der Waals surface area contributed by atoms with Crippen LogP contribution >= 0.6 is 0 Å². The van der Waals surface area contributed by atoms with Gasteiger partial charge in [-0.15, -0.1) is 0 Å². The van der Waals surface area contributed by atoms with E-state index in [0.717, 1.165) is 30.5 Å². The second-order valence-electron chi connectivity index (χ2n) is 5.51. The molecule has 3 rings (SSSR count). The smallest absolute Gasteiger partial charge is 0.252 e. The van der Waals surface area contributed by atoms with Crippen molar-refractivity contribution in [2.24, 2.45) is 0 Å². The highest BCUT2D eigenvalue weighted by Crippen LogP contribution is 2.18. The van der Waals surface area contributed by atoms with Crippen molar-refractivity contribution in [1.29, 1.82) is 0 Å². The first-order valence-corrected chi connectivity index (χ1v) is 7.65. The van der Waals surface area contributed by atoms with Gasteiger partial charge in [0.05, 0.1) is 5.52 Å². The number of rotatable bonds is 4. The van der Waals surface area contributed by atoms with Crippen molar-refractivity contribution in [2.45, 2.75) is 25.8 Å². The van der Waals surface area contributed by atoms with Crippen LogP contribution in [0.5, 0.6) is 0 Å². The number of fused-ring (bicyclic) bond motifs is 1. The van der Waals surface area contributed by atoms with Gasteiger partial charge in [-0.3, -0.25) is 14.7 Å². The molecule has 1 fully saturated rings. The highest BCUT2D eigenvalue weighted by atomic mass is 16.1. The van der Waals surface area contributed by atoms with Crippen LogP contribution in [0.3, 0.4) is 0 Å². The number of nitrogens with zero attached hydrogens (tertiary/aromatic N) is 2. The fourth-order valence-corrected chi connectivity index (χ4v) is 3.15. The summed E-state index contributed by atoms with van der Waals surface area (Å²) < 4.78 is 0. The zero-order chi connectivity index (χ0) is 14.7. The van der Waals surface area contributed by atoms with E-state index in [0.29, 0.717) is 11.6 Å². The zero-order valence-corrected chi connectivity index (χ0v) is 12.4. The van der Waals surface area contributed by atoms with Crippen LogP contribution in [0.15, 0.2) is 36.5 Å². The van der Waals surface area contributed by atoms with Crippen LogP contribution in [0.25, 0.3) is 10.9 Å². The van der Waals surface area contributed by atoms with Crippen LogP contribution in [0.1, 0.15) is 30.1 Å². The minimum atomic E-state index is -0.00319. The zero-order valence-electron chi connectivity index (χ0n) is 12.4. The van der Waals surface area contributed by atoms with Crippen molar-refractivity contribution in [3.05, 3.63) is 42.1 Å². The van der Waals surface area contributed by atoms with Gasteiger partial charge in [0.25, 0.3) is 5.91 Å². The number of aromatic nitrogens is 1. The standard InChI is InChI=1S/C17H21N3O/c1-2-20-11-5-6-13(20)12-19-17(21)15-7-3-9-16-14(15)8-4-10-18-16/h3-4,7-10,13H,2,5-6,11-12H2,1H3,(H,19,21). The average molecular weight is 283 g/mol. The van der Waals surface area contributed by atoms with E-state index in [9.17, 15) is 4.79 Å².